The number of hydrogen-bond donors (Lipinski definition) is 1. The third-order valence-electron chi connectivity index (χ3n) is 4.11. The van der Waals surface area contributed by atoms with E-state index in [2.05, 4.69) is 49.4 Å². The van der Waals surface area contributed by atoms with Gasteiger partial charge in [0.15, 0.2) is 0 Å². The van der Waals surface area contributed by atoms with Crippen molar-refractivity contribution in [1.82, 2.24) is 9.55 Å². The van der Waals surface area contributed by atoms with Crippen LogP contribution in [0, 0.1) is 19.3 Å². The molecule has 1 fully saturated rings. The van der Waals surface area contributed by atoms with E-state index in [1.807, 2.05) is 0 Å². The van der Waals surface area contributed by atoms with Crippen LogP contribution in [0.3, 0.4) is 0 Å². The Balaban J connectivity index is 2.24. The van der Waals surface area contributed by atoms with Crippen molar-refractivity contribution < 1.29 is 0 Å². The predicted molar refractivity (Wildman–Crippen MR) is 71.1 cm³/mol. The number of aryl methyl sites for hydroxylation is 2. The quantitative estimate of drug-likeness (QED) is 0.816. The van der Waals surface area contributed by atoms with Crippen molar-refractivity contribution in [2.45, 2.75) is 40.2 Å². The maximum atomic E-state index is 6.07. The van der Waals surface area contributed by atoms with Gasteiger partial charge in [0.2, 0.25) is 5.95 Å². The Morgan fingerprint density at radius 1 is 1.29 bits per heavy atom. The molecule has 1 unspecified atom stereocenters. The Bertz CT molecular complexity index is 607. The zero-order chi connectivity index (χ0) is 12.4. The van der Waals surface area contributed by atoms with E-state index in [1.165, 1.54) is 23.1 Å². The molecular weight excluding hydrogens is 210 g/mol. The van der Waals surface area contributed by atoms with Gasteiger partial charge in [0.1, 0.15) is 0 Å². The maximum absolute atomic E-state index is 6.07. The van der Waals surface area contributed by atoms with Crippen LogP contribution in [0.2, 0.25) is 0 Å². The summed E-state index contributed by atoms with van der Waals surface area (Å²) in [5.74, 6) is 0.653. The lowest BCUT2D eigenvalue weighted by Crippen LogP contribution is -2.04. The van der Waals surface area contributed by atoms with Crippen LogP contribution in [0.15, 0.2) is 12.1 Å². The Hall–Kier alpha value is -1.51. The molecule has 90 valence electrons. The standard InChI is InChI=1S/C14H19N3/c1-8-5-10-11(6-9(8)2)17(13(15)16-10)12-7-14(12,3)4/h5-6,12H,7H2,1-4H3,(H2,15,16). The average molecular weight is 229 g/mol. The minimum atomic E-state index is 0.362. The highest BCUT2D eigenvalue weighted by Crippen LogP contribution is 2.57. The summed E-state index contributed by atoms with van der Waals surface area (Å²) in [6, 6.07) is 4.85. The van der Waals surface area contributed by atoms with Crippen LogP contribution in [0.25, 0.3) is 11.0 Å². The molecule has 1 atom stereocenters. The van der Waals surface area contributed by atoms with Crippen LogP contribution in [0.1, 0.15) is 37.4 Å². The number of rotatable bonds is 1. The number of nitrogens with zero attached hydrogens (tertiary/aromatic N) is 2. The minimum absolute atomic E-state index is 0.362. The average Bonchev–Trinajstić information content (AvgIpc) is 2.70. The van der Waals surface area contributed by atoms with Crippen LogP contribution in [0.5, 0.6) is 0 Å². The van der Waals surface area contributed by atoms with E-state index in [9.17, 15) is 0 Å². The molecule has 0 radical (unpaired) electrons. The molecule has 2 N–H and O–H groups in total. The molecule has 1 aromatic heterocycles. The number of nitrogen functional groups attached to an aromatic ring is 1. The Morgan fingerprint density at radius 2 is 1.88 bits per heavy atom. The Labute approximate surface area is 102 Å². The van der Waals surface area contributed by atoms with Crippen molar-refractivity contribution in [3.8, 4) is 0 Å². The summed E-state index contributed by atoms with van der Waals surface area (Å²) in [4.78, 5) is 4.48. The number of imidazole rings is 1. The summed E-state index contributed by atoms with van der Waals surface area (Å²) >= 11 is 0. The molecule has 0 saturated heterocycles. The van der Waals surface area contributed by atoms with Crippen LogP contribution >= 0.6 is 0 Å². The lowest BCUT2D eigenvalue weighted by atomic mass is 10.1. The second-order valence-corrected chi connectivity index (χ2v) is 5.97. The molecule has 3 heteroatoms. The van der Waals surface area contributed by atoms with Gasteiger partial charge < -0.3 is 10.3 Å². The first kappa shape index (κ1) is 10.6. The third-order valence-corrected chi connectivity index (χ3v) is 4.11. The van der Waals surface area contributed by atoms with E-state index < -0.39 is 0 Å². The summed E-state index contributed by atoms with van der Waals surface area (Å²) in [6.45, 7) is 8.82. The first-order chi connectivity index (χ1) is 7.90. The van der Waals surface area contributed by atoms with Crippen LogP contribution in [-0.2, 0) is 0 Å². The van der Waals surface area contributed by atoms with E-state index in [0.29, 0.717) is 17.4 Å². The lowest BCUT2D eigenvalue weighted by molar-refractivity contribution is 0.553. The fourth-order valence-corrected chi connectivity index (χ4v) is 2.58. The van der Waals surface area contributed by atoms with Gasteiger partial charge in [-0.05, 0) is 48.9 Å². The number of nitrogens with two attached hydrogens (primary N) is 1. The molecule has 0 spiro atoms. The molecule has 3 rings (SSSR count). The second kappa shape index (κ2) is 3.03. The van der Waals surface area contributed by atoms with Crippen LogP contribution in [-0.4, -0.2) is 9.55 Å². The largest absolute Gasteiger partial charge is 0.369 e. The van der Waals surface area contributed by atoms with Crippen LogP contribution in [0.4, 0.5) is 5.95 Å². The fourth-order valence-electron chi connectivity index (χ4n) is 2.58. The molecular formula is C14H19N3. The number of aromatic nitrogens is 2. The van der Waals surface area contributed by atoms with Gasteiger partial charge >= 0.3 is 0 Å². The van der Waals surface area contributed by atoms with E-state index in [0.717, 1.165) is 5.52 Å². The third kappa shape index (κ3) is 1.45. The molecule has 1 heterocycles. The summed E-state index contributed by atoms with van der Waals surface area (Å²) in [6.07, 6.45) is 1.19. The topological polar surface area (TPSA) is 43.8 Å². The number of benzene rings is 1. The van der Waals surface area contributed by atoms with E-state index in [-0.39, 0.29) is 0 Å². The molecule has 0 amide bonds. The van der Waals surface area contributed by atoms with Gasteiger partial charge in [-0.1, -0.05) is 13.8 Å². The molecule has 1 aliphatic rings. The molecule has 1 aromatic carbocycles. The van der Waals surface area contributed by atoms with Crippen molar-refractivity contribution in [3.63, 3.8) is 0 Å². The number of fused-ring (bicyclic) bond motifs is 1. The first-order valence-electron chi connectivity index (χ1n) is 6.15. The first-order valence-corrected chi connectivity index (χ1v) is 6.15. The number of anilines is 1. The maximum Gasteiger partial charge on any atom is 0.201 e. The van der Waals surface area contributed by atoms with Gasteiger partial charge in [-0.25, -0.2) is 4.98 Å². The second-order valence-electron chi connectivity index (χ2n) is 5.97. The Kier molecular flexibility index (Phi) is 1.90. The van der Waals surface area contributed by atoms with Crippen molar-refractivity contribution >= 4 is 17.0 Å². The van der Waals surface area contributed by atoms with Crippen molar-refractivity contribution in [1.29, 1.82) is 0 Å². The highest BCUT2D eigenvalue weighted by molar-refractivity contribution is 5.80. The fraction of sp³-hybridized carbons (Fsp3) is 0.500. The lowest BCUT2D eigenvalue weighted by Gasteiger charge is -2.09. The Morgan fingerprint density at radius 3 is 2.47 bits per heavy atom. The SMILES string of the molecule is Cc1cc2nc(N)n(C3CC3(C)C)c2cc1C. The van der Waals surface area contributed by atoms with Crippen LogP contribution < -0.4 is 5.73 Å². The van der Waals surface area contributed by atoms with Crippen molar-refractivity contribution in [3.05, 3.63) is 23.3 Å². The molecule has 3 nitrogen and oxygen atoms in total. The molecule has 1 saturated carbocycles. The summed E-state index contributed by atoms with van der Waals surface area (Å²) in [5, 5.41) is 0. The summed E-state index contributed by atoms with van der Waals surface area (Å²) in [7, 11) is 0. The van der Waals surface area contributed by atoms with E-state index in [4.69, 9.17) is 5.73 Å². The van der Waals surface area contributed by atoms with E-state index >= 15 is 0 Å². The van der Waals surface area contributed by atoms with Gasteiger partial charge in [-0.3, -0.25) is 0 Å². The molecule has 2 aromatic rings. The highest BCUT2D eigenvalue weighted by Gasteiger charge is 2.48. The van der Waals surface area contributed by atoms with Crippen molar-refractivity contribution in [2.75, 3.05) is 5.73 Å². The van der Waals surface area contributed by atoms with Crippen molar-refractivity contribution in [2.24, 2.45) is 5.41 Å². The summed E-state index contributed by atoms with van der Waals surface area (Å²) < 4.78 is 2.21. The molecule has 17 heavy (non-hydrogen) atoms. The number of hydrogen-bond acceptors (Lipinski definition) is 2. The zero-order valence-electron chi connectivity index (χ0n) is 10.9. The van der Waals surface area contributed by atoms with Gasteiger partial charge in [0, 0.05) is 6.04 Å². The summed E-state index contributed by atoms with van der Waals surface area (Å²) in [5.41, 5.74) is 11.2. The predicted octanol–water partition coefficient (Wildman–Crippen LogP) is 3.21. The normalized spacial score (nSPS) is 22.0. The zero-order valence-corrected chi connectivity index (χ0v) is 10.9. The van der Waals surface area contributed by atoms with Gasteiger partial charge in [-0.2, -0.15) is 0 Å². The van der Waals surface area contributed by atoms with E-state index in [1.54, 1.807) is 0 Å². The molecule has 1 aliphatic carbocycles. The molecule has 0 bridgehead atoms. The monoisotopic (exact) mass is 229 g/mol. The smallest absolute Gasteiger partial charge is 0.201 e. The van der Waals surface area contributed by atoms with Gasteiger partial charge in [0.05, 0.1) is 11.0 Å². The minimum Gasteiger partial charge on any atom is -0.369 e. The van der Waals surface area contributed by atoms with Gasteiger partial charge in [-0.15, -0.1) is 0 Å². The molecule has 0 aliphatic heterocycles. The highest BCUT2D eigenvalue weighted by atomic mass is 15.2. The van der Waals surface area contributed by atoms with Gasteiger partial charge in [0.25, 0.3) is 0 Å².